The third kappa shape index (κ3) is 7.40. The number of aliphatic hydroxyl groups is 1. The molecule has 0 bridgehead atoms. The number of hydrogen-bond donors (Lipinski definition) is 3. The maximum Gasteiger partial charge on any atom is 0.243 e. The van der Waals surface area contributed by atoms with E-state index >= 15 is 0 Å². The second kappa shape index (κ2) is 12.7. The first kappa shape index (κ1) is 24.4. The van der Waals surface area contributed by atoms with Crippen molar-refractivity contribution in [3.8, 4) is 11.1 Å². The van der Waals surface area contributed by atoms with Crippen molar-refractivity contribution in [2.24, 2.45) is 0 Å². The van der Waals surface area contributed by atoms with Crippen LogP contribution < -0.4 is 5.48 Å². The van der Waals surface area contributed by atoms with Gasteiger partial charge in [-0.3, -0.25) is 14.9 Å². The summed E-state index contributed by atoms with van der Waals surface area (Å²) in [5.74, 6) is -0.384. The SMILES string of the molecule is Cl.O=C(CCCC[C@@H](O)c1ccc(-c2ccc(CN3CCCCC3)cc2)cc1)NO. The van der Waals surface area contributed by atoms with Crippen molar-refractivity contribution in [2.75, 3.05) is 13.1 Å². The van der Waals surface area contributed by atoms with Crippen LogP contribution in [0, 0.1) is 0 Å². The van der Waals surface area contributed by atoms with Crippen LogP contribution in [0.4, 0.5) is 0 Å². The summed E-state index contributed by atoms with van der Waals surface area (Å²) in [5, 5.41) is 18.8. The average molecular weight is 433 g/mol. The van der Waals surface area contributed by atoms with Gasteiger partial charge >= 0.3 is 0 Å². The van der Waals surface area contributed by atoms with Crippen molar-refractivity contribution >= 4 is 18.3 Å². The van der Waals surface area contributed by atoms with Crippen LogP contribution in [-0.4, -0.2) is 34.2 Å². The number of hydrogen-bond acceptors (Lipinski definition) is 4. The number of likely N-dealkylation sites (tertiary alicyclic amines) is 1. The lowest BCUT2D eigenvalue weighted by Gasteiger charge is -2.26. The minimum Gasteiger partial charge on any atom is -0.388 e. The lowest BCUT2D eigenvalue weighted by atomic mass is 9.98. The van der Waals surface area contributed by atoms with Crippen LogP contribution in [0.25, 0.3) is 11.1 Å². The van der Waals surface area contributed by atoms with Crippen molar-refractivity contribution in [3.63, 3.8) is 0 Å². The summed E-state index contributed by atoms with van der Waals surface area (Å²) in [6, 6.07) is 16.8. The number of carbonyl (C=O) groups is 1. The molecular weight excluding hydrogens is 400 g/mol. The van der Waals surface area contributed by atoms with Gasteiger partial charge in [0.2, 0.25) is 5.91 Å². The predicted molar refractivity (Wildman–Crippen MR) is 122 cm³/mol. The number of hydroxylamine groups is 1. The molecule has 0 aliphatic carbocycles. The molecular formula is C24H33ClN2O3. The van der Waals surface area contributed by atoms with Crippen molar-refractivity contribution in [1.29, 1.82) is 0 Å². The zero-order valence-corrected chi connectivity index (χ0v) is 18.2. The summed E-state index contributed by atoms with van der Waals surface area (Å²) in [4.78, 5) is 13.5. The van der Waals surface area contributed by atoms with Crippen LogP contribution in [0.15, 0.2) is 48.5 Å². The number of piperidine rings is 1. The van der Waals surface area contributed by atoms with Crippen LogP contribution in [0.3, 0.4) is 0 Å². The van der Waals surface area contributed by atoms with Crippen molar-refractivity contribution in [2.45, 2.75) is 57.6 Å². The molecule has 1 heterocycles. The summed E-state index contributed by atoms with van der Waals surface area (Å²) in [6.07, 6.45) is 5.70. The molecule has 2 aromatic carbocycles. The molecule has 1 aliphatic rings. The van der Waals surface area contributed by atoms with Gasteiger partial charge in [-0.2, -0.15) is 0 Å². The van der Waals surface area contributed by atoms with E-state index in [1.165, 1.54) is 43.5 Å². The number of halogens is 1. The Bertz CT molecular complexity index is 759. The van der Waals surface area contributed by atoms with Crippen LogP contribution >= 0.6 is 12.4 Å². The highest BCUT2D eigenvalue weighted by atomic mass is 35.5. The van der Waals surface area contributed by atoms with Gasteiger partial charge in [-0.1, -0.05) is 61.4 Å². The van der Waals surface area contributed by atoms with E-state index in [1.807, 2.05) is 12.1 Å². The number of rotatable bonds is 9. The van der Waals surface area contributed by atoms with Crippen LogP contribution in [0.1, 0.15) is 62.2 Å². The first-order valence-corrected chi connectivity index (χ1v) is 10.7. The fraction of sp³-hybridized carbons (Fsp3) is 0.458. The number of unbranched alkanes of at least 4 members (excludes halogenated alkanes) is 1. The monoisotopic (exact) mass is 432 g/mol. The van der Waals surface area contributed by atoms with E-state index in [4.69, 9.17) is 5.21 Å². The third-order valence-corrected chi connectivity index (χ3v) is 5.69. The van der Waals surface area contributed by atoms with Crippen molar-refractivity contribution in [3.05, 3.63) is 59.7 Å². The maximum absolute atomic E-state index is 11.0. The van der Waals surface area contributed by atoms with Gasteiger partial charge in [-0.15, -0.1) is 12.4 Å². The summed E-state index contributed by atoms with van der Waals surface area (Å²) in [7, 11) is 0. The topological polar surface area (TPSA) is 72.8 Å². The van der Waals surface area contributed by atoms with E-state index in [0.29, 0.717) is 12.8 Å². The molecule has 1 amide bonds. The minimum atomic E-state index is -0.534. The molecule has 2 aromatic rings. The number of carbonyl (C=O) groups excluding carboxylic acids is 1. The minimum absolute atomic E-state index is 0. The molecule has 0 spiro atoms. The fourth-order valence-corrected chi connectivity index (χ4v) is 3.92. The molecule has 0 unspecified atom stereocenters. The van der Waals surface area contributed by atoms with E-state index in [1.54, 1.807) is 5.48 Å². The van der Waals surface area contributed by atoms with Gasteiger partial charge in [-0.25, -0.2) is 5.48 Å². The quantitative estimate of drug-likeness (QED) is 0.300. The first-order valence-electron chi connectivity index (χ1n) is 10.7. The molecule has 1 saturated heterocycles. The summed E-state index contributed by atoms with van der Waals surface area (Å²) in [6.45, 7) is 3.45. The Labute approximate surface area is 185 Å². The average Bonchev–Trinajstić information content (AvgIpc) is 2.77. The third-order valence-electron chi connectivity index (χ3n) is 5.69. The highest BCUT2D eigenvalue weighted by Crippen LogP contribution is 2.25. The summed E-state index contributed by atoms with van der Waals surface area (Å²) < 4.78 is 0. The fourth-order valence-electron chi connectivity index (χ4n) is 3.92. The lowest BCUT2D eigenvalue weighted by molar-refractivity contribution is -0.129. The van der Waals surface area contributed by atoms with E-state index in [9.17, 15) is 9.90 Å². The number of amides is 1. The highest BCUT2D eigenvalue weighted by Gasteiger charge is 2.11. The van der Waals surface area contributed by atoms with Crippen LogP contribution in [-0.2, 0) is 11.3 Å². The van der Waals surface area contributed by atoms with Gasteiger partial charge in [0.15, 0.2) is 0 Å². The van der Waals surface area contributed by atoms with Crippen molar-refractivity contribution in [1.82, 2.24) is 10.4 Å². The molecule has 3 rings (SSSR count). The van der Waals surface area contributed by atoms with Gasteiger partial charge in [0.1, 0.15) is 0 Å². The standard InChI is InChI=1S/C24H32N2O3.ClH/c27-23(6-2-3-7-24(28)25-29)22-14-12-21(13-15-22)20-10-8-19(9-11-20)18-26-16-4-1-5-17-26;/h8-15,23,27,29H,1-7,16-18H2,(H,25,28);1H/t23-;/m1./s1. The van der Waals surface area contributed by atoms with Gasteiger partial charge < -0.3 is 5.11 Å². The number of nitrogens with one attached hydrogen (secondary N) is 1. The lowest BCUT2D eigenvalue weighted by Crippen LogP contribution is -2.28. The first-order chi connectivity index (χ1) is 14.2. The second-order valence-electron chi connectivity index (χ2n) is 7.95. The van der Waals surface area contributed by atoms with E-state index in [2.05, 4.69) is 41.3 Å². The number of benzene rings is 2. The Balaban J connectivity index is 0.00000320. The van der Waals surface area contributed by atoms with Gasteiger partial charge in [0.05, 0.1) is 6.10 Å². The van der Waals surface area contributed by atoms with E-state index in [-0.39, 0.29) is 24.7 Å². The van der Waals surface area contributed by atoms with Crippen molar-refractivity contribution < 1.29 is 15.1 Å². The van der Waals surface area contributed by atoms with Crippen LogP contribution in [0.5, 0.6) is 0 Å². The molecule has 0 aromatic heterocycles. The largest absolute Gasteiger partial charge is 0.388 e. The maximum atomic E-state index is 11.0. The molecule has 6 heteroatoms. The molecule has 164 valence electrons. The predicted octanol–water partition coefficient (Wildman–Crippen LogP) is 4.86. The Kier molecular flexibility index (Phi) is 10.3. The zero-order valence-electron chi connectivity index (χ0n) is 17.4. The normalized spacial score (nSPS) is 15.3. The highest BCUT2D eigenvalue weighted by molar-refractivity contribution is 5.85. The molecule has 0 saturated carbocycles. The second-order valence-corrected chi connectivity index (χ2v) is 7.95. The molecule has 0 radical (unpaired) electrons. The molecule has 1 atom stereocenters. The van der Waals surface area contributed by atoms with Crippen LogP contribution in [0.2, 0.25) is 0 Å². The van der Waals surface area contributed by atoms with E-state index in [0.717, 1.165) is 24.1 Å². The molecule has 5 nitrogen and oxygen atoms in total. The smallest absolute Gasteiger partial charge is 0.243 e. The van der Waals surface area contributed by atoms with Gasteiger partial charge in [0.25, 0.3) is 0 Å². The zero-order chi connectivity index (χ0) is 20.5. The summed E-state index contributed by atoms with van der Waals surface area (Å²) >= 11 is 0. The molecule has 3 N–H and O–H groups in total. The molecule has 1 aliphatic heterocycles. The van der Waals surface area contributed by atoms with Gasteiger partial charge in [-0.05, 0) is 61.0 Å². The van der Waals surface area contributed by atoms with Gasteiger partial charge in [0, 0.05) is 13.0 Å². The Morgan fingerprint density at radius 3 is 2.13 bits per heavy atom. The Morgan fingerprint density at radius 1 is 0.933 bits per heavy atom. The number of nitrogens with zero attached hydrogens (tertiary/aromatic N) is 1. The van der Waals surface area contributed by atoms with E-state index < -0.39 is 6.10 Å². The summed E-state index contributed by atoms with van der Waals surface area (Å²) in [5.41, 5.74) is 6.20. The molecule has 30 heavy (non-hydrogen) atoms. The Hall–Kier alpha value is -1.92. The number of aliphatic hydroxyl groups excluding tert-OH is 1. The Morgan fingerprint density at radius 2 is 1.53 bits per heavy atom. The molecule has 1 fully saturated rings.